The predicted octanol–water partition coefficient (Wildman–Crippen LogP) is 2.06. The van der Waals surface area contributed by atoms with Crippen LogP contribution in [0.3, 0.4) is 0 Å². The lowest BCUT2D eigenvalue weighted by Gasteiger charge is -2.27. The second-order valence-corrected chi connectivity index (χ2v) is 5.21. The van der Waals surface area contributed by atoms with Crippen molar-refractivity contribution in [3.8, 4) is 0 Å². The molecule has 2 N–H and O–H groups in total. The zero-order chi connectivity index (χ0) is 12.3. The van der Waals surface area contributed by atoms with Crippen LogP contribution in [-0.4, -0.2) is 10.6 Å². The summed E-state index contributed by atoms with van der Waals surface area (Å²) in [4.78, 5) is 11.9. The molecular weight excluding hydrogens is 212 g/mol. The fourth-order valence-corrected chi connectivity index (χ4v) is 2.74. The highest BCUT2D eigenvalue weighted by atomic mass is 16.1. The summed E-state index contributed by atoms with van der Waals surface area (Å²) in [5.74, 6) is 0.594. The summed E-state index contributed by atoms with van der Waals surface area (Å²) in [5.41, 5.74) is 7.13. The van der Waals surface area contributed by atoms with Gasteiger partial charge in [0.05, 0.1) is 0 Å². The molecule has 94 valence electrons. The molecule has 0 spiro atoms. The van der Waals surface area contributed by atoms with Crippen molar-refractivity contribution in [1.29, 1.82) is 0 Å². The molecule has 1 aromatic rings. The van der Waals surface area contributed by atoms with E-state index in [2.05, 4.69) is 0 Å². The van der Waals surface area contributed by atoms with Crippen molar-refractivity contribution in [2.75, 3.05) is 0 Å². The van der Waals surface area contributed by atoms with E-state index in [4.69, 9.17) is 5.73 Å². The molecule has 1 fully saturated rings. The Bertz CT molecular complexity index is 418. The zero-order valence-corrected chi connectivity index (χ0v) is 10.6. The molecule has 0 bridgehead atoms. The molecule has 1 aliphatic rings. The monoisotopic (exact) mass is 234 g/mol. The van der Waals surface area contributed by atoms with Crippen molar-refractivity contribution in [2.24, 2.45) is 11.7 Å². The van der Waals surface area contributed by atoms with Gasteiger partial charge >= 0.3 is 0 Å². The van der Waals surface area contributed by atoms with E-state index in [1.807, 2.05) is 25.3 Å². The lowest BCUT2D eigenvalue weighted by Crippen LogP contribution is -2.38. The minimum Gasteiger partial charge on any atom is -0.326 e. The Morgan fingerprint density at radius 2 is 2.12 bits per heavy atom. The summed E-state index contributed by atoms with van der Waals surface area (Å²) in [6, 6.07) is 3.89. The van der Waals surface area contributed by atoms with Crippen LogP contribution in [0.5, 0.6) is 0 Å². The average molecular weight is 234 g/mol. The molecule has 1 saturated carbocycles. The van der Waals surface area contributed by atoms with Crippen LogP contribution in [0.4, 0.5) is 0 Å². The first-order chi connectivity index (χ1) is 8.18. The number of nitrogens with two attached hydrogens (primary N) is 1. The molecule has 2 rings (SSSR count). The normalized spacial score (nSPS) is 19.2. The highest BCUT2D eigenvalue weighted by Gasteiger charge is 2.20. The van der Waals surface area contributed by atoms with E-state index in [9.17, 15) is 4.79 Å². The Morgan fingerprint density at radius 3 is 2.82 bits per heavy atom. The maximum atomic E-state index is 11.9. The van der Waals surface area contributed by atoms with E-state index in [1.165, 1.54) is 32.1 Å². The van der Waals surface area contributed by atoms with Crippen LogP contribution < -0.4 is 11.3 Å². The summed E-state index contributed by atoms with van der Waals surface area (Å²) in [5, 5.41) is 0. The molecule has 1 unspecified atom stereocenters. The SMILES string of the molecule is Cc1cccn(CC(N)C2CCCCC2)c1=O. The highest BCUT2D eigenvalue weighted by Crippen LogP contribution is 2.26. The number of aromatic nitrogens is 1. The minimum atomic E-state index is 0.0961. The molecule has 17 heavy (non-hydrogen) atoms. The molecule has 1 atom stereocenters. The first-order valence-electron chi connectivity index (χ1n) is 6.60. The second kappa shape index (κ2) is 5.50. The molecule has 0 amide bonds. The van der Waals surface area contributed by atoms with Gasteiger partial charge in [0.1, 0.15) is 0 Å². The van der Waals surface area contributed by atoms with E-state index in [1.54, 1.807) is 4.57 Å². The third-order valence-corrected chi connectivity index (χ3v) is 3.87. The number of hydrogen-bond acceptors (Lipinski definition) is 2. The first-order valence-corrected chi connectivity index (χ1v) is 6.60. The van der Waals surface area contributed by atoms with Crippen LogP contribution in [0.1, 0.15) is 37.7 Å². The van der Waals surface area contributed by atoms with Gasteiger partial charge in [0.25, 0.3) is 5.56 Å². The molecule has 1 aliphatic carbocycles. The van der Waals surface area contributed by atoms with E-state index >= 15 is 0 Å². The Morgan fingerprint density at radius 1 is 1.41 bits per heavy atom. The lowest BCUT2D eigenvalue weighted by atomic mass is 9.84. The molecule has 0 saturated heterocycles. The van der Waals surface area contributed by atoms with Crippen LogP contribution in [0.2, 0.25) is 0 Å². The average Bonchev–Trinajstić information content (AvgIpc) is 2.36. The van der Waals surface area contributed by atoms with Gasteiger partial charge in [-0.3, -0.25) is 4.79 Å². The number of hydrogen-bond donors (Lipinski definition) is 1. The standard InChI is InChI=1S/C14H22N2O/c1-11-6-5-9-16(14(11)17)10-13(15)12-7-3-2-4-8-12/h5-6,9,12-13H,2-4,7-8,10,15H2,1H3. The Labute approximate surface area is 103 Å². The first kappa shape index (κ1) is 12.4. The predicted molar refractivity (Wildman–Crippen MR) is 70.0 cm³/mol. The maximum Gasteiger partial charge on any atom is 0.253 e. The van der Waals surface area contributed by atoms with Crippen molar-refractivity contribution < 1.29 is 0 Å². The quantitative estimate of drug-likeness (QED) is 0.870. The topological polar surface area (TPSA) is 48.0 Å². The van der Waals surface area contributed by atoms with Gasteiger partial charge in [0.15, 0.2) is 0 Å². The Hall–Kier alpha value is -1.09. The zero-order valence-electron chi connectivity index (χ0n) is 10.6. The van der Waals surface area contributed by atoms with Gasteiger partial charge in [-0.2, -0.15) is 0 Å². The summed E-state index contributed by atoms with van der Waals surface area (Å²) in [7, 11) is 0. The van der Waals surface area contributed by atoms with E-state index < -0.39 is 0 Å². The smallest absolute Gasteiger partial charge is 0.253 e. The van der Waals surface area contributed by atoms with E-state index in [-0.39, 0.29) is 11.6 Å². The summed E-state index contributed by atoms with van der Waals surface area (Å²) in [6.45, 7) is 2.51. The molecule has 0 radical (unpaired) electrons. The Kier molecular flexibility index (Phi) is 4.00. The third kappa shape index (κ3) is 2.97. The molecule has 3 nitrogen and oxygen atoms in total. The van der Waals surface area contributed by atoms with Gasteiger partial charge in [-0.05, 0) is 31.7 Å². The van der Waals surface area contributed by atoms with Gasteiger partial charge < -0.3 is 10.3 Å². The molecule has 1 heterocycles. The van der Waals surface area contributed by atoms with E-state index in [0.717, 1.165) is 5.56 Å². The van der Waals surface area contributed by atoms with Gasteiger partial charge in [0, 0.05) is 24.3 Å². The second-order valence-electron chi connectivity index (χ2n) is 5.21. The van der Waals surface area contributed by atoms with Gasteiger partial charge in [-0.15, -0.1) is 0 Å². The van der Waals surface area contributed by atoms with Gasteiger partial charge in [-0.1, -0.05) is 25.3 Å². The molecule has 0 aliphatic heterocycles. The van der Waals surface area contributed by atoms with Crippen molar-refractivity contribution in [3.63, 3.8) is 0 Å². The number of pyridine rings is 1. The van der Waals surface area contributed by atoms with Crippen molar-refractivity contribution >= 4 is 0 Å². The van der Waals surface area contributed by atoms with Gasteiger partial charge in [0.2, 0.25) is 0 Å². The fourth-order valence-electron chi connectivity index (χ4n) is 2.74. The van der Waals surface area contributed by atoms with Crippen LogP contribution in [0.15, 0.2) is 23.1 Å². The largest absolute Gasteiger partial charge is 0.326 e. The molecule has 0 aromatic carbocycles. The minimum absolute atomic E-state index is 0.0961. The maximum absolute atomic E-state index is 11.9. The summed E-state index contributed by atoms with van der Waals surface area (Å²) in [6.07, 6.45) is 8.22. The number of aryl methyl sites for hydroxylation is 1. The van der Waals surface area contributed by atoms with Gasteiger partial charge in [-0.25, -0.2) is 0 Å². The van der Waals surface area contributed by atoms with Crippen molar-refractivity contribution in [3.05, 3.63) is 34.2 Å². The van der Waals surface area contributed by atoms with Crippen LogP contribution >= 0.6 is 0 Å². The number of rotatable bonds is 3. The van der Waals surface area contributed by atoms with Crippen molar-refractivity contribution in [2.45, 2.75) is 51.6 Å². The van der Waals surface area contributed by atoms with Crippen LogP contribution in [0, 0.1) is 12.8 Å². The Balaban J connectivity index is 2.04. The number of nitrogens with zero attached hydrogens (tertiary/aromatic N) is 1. The molecule has 3 heteroatoms. The van der Waals surface area contributed by atoms with E-state index in [0.29, 0.717) is 12.5 Å². The van der Waals surface area contributed by atoms with Crippen LogP contribution in [-0.2, 0) is 6.54 Å². The molecule has 1 aromatic heterocycles. The highest BCUT2D eigenvalue weighted by molar-refractivity contribution is 5.07. The van der Waals surface area contributed by atoms with Crippen molar-refractivity contribution in [1.82, 2.24) is 4.57 Å². The third-order valence-electron chi connectivity index (χ3n) is 3.87. The lowest BCUT2D eigenvalue weighted by molar-refractivity contribution is 0.283. The van der Waals surface area contributed by atoms with Crippen LogP contribution in [0.25, 0.3) is 0 Å². The summed E-state index contributed by atoms with van der Waals surface area (Å²) < 4.78 is 1.76. The molecular formula is C14H22N2O. The summed E-state index contributed by atoms with van der Waals surface area (Å²) >= 11 is 0. The fraction of sp³-hybridized carbons (Fsp3) is 0.643.